The highest BCUT2D eigenvalue weighted by molar-refractivity contribution is 5.88. The molecule has 1 aliphatic rings. The van der Waals surface area contributed by atoms with Crippen LogP contribution >= 0.6 is 0 Å². The van der Waals surface area contributed by atoms with Gasteiger partial charge in [0.05, 0.1) is 6.54 Å². The Morgan fingerprint density at radius 3 is 2.62 bits per heavy atom. The smallest absolute Gasteiger partial charge is 0.244 e. The Labute approximate surface area is 154 Å². The highest BCUT2D eigenvalue weighted by atomic mass is 16.2. The molecule has 1 fully saturated rings. The Morgan fingerprint density at radius 2 is 2.00 bits per heavy atom. The zero-order valence-corrected chi connectivity index (χ0v) is 16.0. The molecule has 0 unspecified atom stereocenters. The van der Waals surface area contributed by atoms with E-state index in [1.807, 2.05) is 37.1 Å². The Morgan fingerprint density at radius 1 is 1.27 bits per heavy atom. The van der Waals surface area contributed by atoms with Crippen LogP contribution in [-0.4, -0.2) is 73.8 Å². The number of carbonyl (C=O) groups excluding carboxylic acids is 3. The molecular weight excluding hydrogens is 332 g/mol. The second-order valence-corrected chi connectivity index (χ2v) is 6.69. The van der Waals surface area contributed by atoms with Gasteiger partial charge in [0.15, 0.2) is 0 Å². The van der Waals surface area contributed by atoms with Crippen molar-refractivity contribution in [2.45, 2.75) is 26.3 Å². The van der Waals surface area contributed by atoms with Gasteiger partial charge >= 0.3 is 0 Å². The monoisotopic (exact) mass is 360 g/mol. The summed E-state index contributed by atoms with van der Waals surface area (Å²) >= 11 is 0. The lowest BCUT2D eigenvalue weighted by Crippen LogP contribution is -2.61. The van der Waals surface area contributed by atoms with Gasteiger partial charge in [-0.05, 0) is 24.6 Å². The highest BCUT2D eigenvalue weighted by Gasteiger charge is 2.35. The molecule has 2 rings (SSSR count). The number of anilines is 1. The third-order valence-electron chi connectivity index (χ3n) is 4.79. The van der Waals surface area contributed by atoms with Crippen LogP contribution in [0.2, 0.25) is 0 Å². The van der Waals surface area contributed by atoms with Crippen LogP contribution in [0, 0.1) is 6.92 Å². The second-order valence-electron chi connectivity index (χ2n) is 6.69. The van der Waals surface area contributed by atoms with Crippen LogP contribution in [-0.2, 0) is 14.4 Å². The van der Waals surface area contributed by atoms with Gasteiger partial charge in [-0.3, -0.25) is 14.4 Å². The first-order valence-corrected chi connectivity index (χ1v) is 8.88. The summed E-state index contributed by atoms with van der Waals surface area (Å²) in [7, 11) is 3.50. The van der Waals surface area contributed by atoms with E-state index in [1.165, 1.54) is 24.4 Å². The molecular formula is C19H28N4O3. The number of nitrogens with zero attached hydrogens (tertiary/aromatic N) is 3. The maximum atomic E-state index is 12.6. The molecule has 0 spiro atoms. The summed E-state index contributed by atoms with van der Waals surface area (Å²) in [4.78, 5) is 41.7. The summed E-state index contributed by atoms with van der Waals surface area (Å²) in [5.41, 5.74) is 2.25. The first kappa shape index (κ1) is 19.8. The summed E-state index contributed by atoms with van der Waals surface area (Å²) in [5.74, 6) is -0.388. The zero-order valence-electron chi connectivity index (χ0n) is 16.0. The highest BCUT2D eigenvalue weighted by Crippen LogP contribution is 2.16. The van der Waals surface area contributed by atoms with Gasteiger partial charge in [-0.25, -0.2) is 0 Å². The van der Waals surface area contributed by atoms with Crippen LogP contribution in [0.25, 0.3) is 0 Å². The lowest BCUT2D eigenvalue weighted by Gasteiger charge is -2.40. The number of rotatable bonds is 5. The summed E-state index contributed by atoms with van der Waals surface area (Å²) in [6, 6.07) is 7.51. The largest absolute Gasteiger partial charge is 0.374 e. The van der Waals surface area contributed by atoms with Crippen molar-refractivity contribution in [1.29, 1.82) is 0 Å². The van der Waals surface area contributed by atoms with Crippen LogP contribution in [0.15, 0.2) is 24.3 Å². The van der Waals surface area contributed by atoms with Crippen molar-refractivity contribution in [3.05, 3.63) is 29.8 Å². The van der Waals surface area contributed by atoms with Gasteiger partial charge in [0.1, 0.15) is 6.04 Å². The molecule has 26 heavy (non-hydrogen) atoms. The van der Waals surface area contributed by atoms with Crippen molar-refractivity contribution in [3.63, 3.8) is 0 Å². The molecule has 7 nitrogen and oxygen atoms in total. The standard InChI is InChI=1S/C19H28N4O3/c1-14-6-5-7-16(12-14)21(4)9-8-18(25)22-10-11-23(15(2)24)17(13-22)19(26)20-3/h5-7,12,17H,8-11,13H2,1-4H3,(H,20,26)/t17-/m0/s1. The normalized spacial score (nSPS) is 17.0. The van der Waals surface area contributed by atoms with Crippen molar-refractivity contribution < 1.29 is 14.4 Å². The Bertz CT molecular complexity index is 677. The molecule has 1 aromatic rings. The number of nitrogens with one attached hydrogen (secondary N) is 1. The van der Waals surface area contributed by atoms with Gasteiger partial charge in [0, 0.05) is 52.8 Å². The van der Waals surface area contributed by atoms with Crippen molar-refractivity contribution in [2.75, 3.05) is 45.2 Å². The van der Waals surface area contributed by atoms with E-state index in [-0.39, 0.29) is 24.3 Å². The fourth-order valence-electron chi connectivity index (χ4n) is 3.19. The molecule has 0 saturated carbocycles. The number of hydrogen-bond donors (Lipinski definition) is 1. The molecule has 1 N–H and O–H groups in total. The number of likely N-dealkylation sites (N-methyl/N-ethyl adjacent to an activating group) is 1. The summed E-state index contributed by atoms with van der Waals surface area (Å²) in [6.45, 7) is 5.17. The molecule has 142 valence electrons. The van der Waals surface area contributed by atoms with Gasteiger partial charge in [-0.1, -0.05) is 12.1 Å². The maximum Gasteiger partial charge on any atom is 0.244 e. The molecule has 1 atom stereocenters. The minimum Gasteiger partial charge on any atom is -0.374 e. The van der Waals surface area contributed by atoms with Crippen LogP contribution in [0.4, 0.5) is 5.69 Å². The number of amides is 3. The van der Waals surface area contributed by atoms with Crippen LogP contribution in [0.1, 0.15) is 18.9 Å². The van der Waals surface area contributed by atoms with E-state index >= 15 is 0 Å². The number of hydrogen-bond acceptors (Lipinski definition) is 4. The fourth-order valence-corrected chi connectivity index (χ4v) is 3.19. The molecule has 0 aliphatic carbocycles. The summed E-state index contributed by atoms with van der Waals surface area (Å²) in [6.07, 6.45) is 0.366. The molecule has 3 amide bonds. The summed E-state index contributed by atoms with van der Waals surface area (Å²) in [5, 5.41) is 2.58. The molecule has 1 aliphatic heterocycles. The minimum absolute atomic E-state index is 0.00149. The third-order valence-corrected chi connectivity index (χ3v) is 4.79. The lowest BCUT2D eigenvalue weighted by atomic mass is 10.1. The number of aryl methyl sites for hydroxylation is 1. The van der Waals surface area contributed by atoms with Crippen molar-refractivity contribution >= 4 is 23.4 Å². The molecule has 1 heterocycles. The van der Waals surface area contributed by atoms with E-state index < -0.39 is 6.04 Å². The first-order valence-electron chi connectivity index (χ1n) is 8.88. The van der Waals surface area contributed by atoms with Crippen molar-refractivity contribution in [3.8, 4) is 0 Å². The molecule has 0 aromatic heterocycles. The molecule has 1 saturated heterocycles. The quantitative estimate of drug-likeness (QED) is 0.836. The molecule has 1 aromatic carbocycles. The SMILES string of the molecule is CNC(=O)[C@@H]1CN(C(=O)CCN(C)c2cccc(C)c2)CCN1C(C)=O. The van der Waals surface area contributed by atoms with Gasteiger partial charge in [-0.2, -0.15) is 0 Å². The number of piperazine rings is 1. The number of carbonyl (C=O) groups is 3. The minimum atomic E-state index is -0.621. The predicted octanol–water partition coefficient (Wildman–Crippen LogP) is 0.627. The van der Waals surface area contributed by atoms with Gasteiger partial charge in [0.2, 0.25) is 17.7 Å². The van der Waals surface area contributed by atoms with E-state index in [1.54, 1.807) is 4.90 Å². The van der Waals surface area contributed by atoms with E-state index in [9.17, 15) is 14.4 Å². The van der Waals surface area contributed by atoms with E-state index in [0.29, 0.717) is 26.1 Å². The Balaban J connectivity index is 1.95. The molecule has 7 heteroatoms. The third kappa shape index (κ3) is 4.74. The average molecular weight is 360 g/mol. The van der Waals surface area contributed by atoms with Crippen LogP contribution < -0.4 is 10.2 Å². The van der Waals surface area contributed by atoms with Gasteiger partial charge in [-0.15, -0.1) is 0 Å². The van der Waals surface area contributed by atoms with E-state index in [4.69, 9.17) is 0 Å². The van der Waals surface area contributed by atoms with Crippen LogP contribution in [0.5, 0.6) is 0 Å². The zero-order chi connectivity index (χ0) is 19.3. The Kier molecular flexibility index (Phi) is 6.60. The van der Waals surface area contributed by atoms with Gasteiger partial charge in [0.25, 0.3) is 0 Å². The lowest BCUT2D eigenvalue weighted by molar-refractivity contribution is -0.147. The number of benzene rings is 1. The topological polar surface area (TPSA) is 73.0 Å². The summed E-state index contributed by atoms with van der Waals surface area (Å²) < 4.78 is 0. The van der Waals surface area contributed by atoms with Crippen molar-refractivity contribution in [1.82, 2.24) is 15.1 Å². The molecule has 0 radical (unpaired) electrons. The molecule has 0 bridgehead atoms. The van der Waals surface area contributed by atoms with E-state index in [2.05, 4.69) is 11.4 Å². The second kappa shape index (κ2) is 8.69. The first-order chi connectivity index (χ1) is 12.3. The van der Waals surface area contributed by atoms with Crippen LogP contribution in [0.3, 0.4) is 0 Å². The fraction of sp³-hybridized carbons (Fsp3) is 0.526. The maximum absolute atomic E-state index is 12.6. The van der Waals surface area contributed by atoms with Gasteiger partial charge < -0.3 is 20.0 Å². The average Bonchev–Trinajstić information content (AvgIpc) is 2.64. The Hall–Kier alpha value is -2.57. The van der Waals surface area contributed by atoms with E-state index in [0.717, 1.165) is 5.69 Å². The van der Waals surface area contributed by atoms with Crippen molar-refractivity contribution in [2.24, 2.45) is 0 Å². The predicted molar refractivity (Wildman–Crippen MR) is 101 cm³/mol.